The van der Waals surface area contributed by atoms with E-state index in [4.69, 9.17) is 16.5 Å². The van der Waals surface area contributed by atoms with Gasteiger partial charge in [-0.25, -0.2) is 4.98 Å². The zero-order valence-corrected chi connectivity index (χ0v) is 23.3. The maximum atomic E-state index is 13.8. The molecule has 210 valence electrons. The number of imide groups is 1. The maximum absolute atomic E-state index is 13.8. The topological polar surface area (TPSA) is 156 Å². The van der Waals surface area contributed by atoms with Crippen LogP contribution in [0.4, 0.5) is 0 Å². The van der Waals surface area contributed by atoms with E-state index in [-0.39, 0.29) is 23.6 Å². The standard InChI is InChI=1S/C28H39N7O3S/c1-31-20(17-18-9-3-2-4-10-18)25(37)34-26(38)22-13-8-16-35(22)21(12-7-15-32-28(29)30)24(36)27-33-19-11-5-6-14-23(19)39-27/h2-4,9-10,20-22,31H,5-8,11-17H2,1H3,(H4,29,30,32)(H,34,37,38)/t20-,21+,22+/m1/s1. The number of likely N-dealkylation sites (tertiary alicyclic amines) is 1. The zero-order valence-electron chi connectivity index (χ0n) is 22.5. The Hall–Kier alpha value is -3.15. The van der Waals surface area contributed by atoms with Crippen molar-refractivity contribution in [3.05, 3.63) is 51.5 Å². The highest BCUT2D eigenvalue weighted by Gasteiger charge is 2.40. The predicted molar refractivity (Wildman–Crippen MR) is 153 cm³/mol. The molecule has 2 aromatic rings. The van der Waals surface area contributed by atoms with Crippen LogP contribution in [0.25, 0.3) is 0 Å². The predicted octanol–water partition coefficient (Wildman–Crippen LogP) is 1.56. The molecular formula is C28H39N7O3S. The van der Waals surface area contributed by atoms with Crippen molar-refractivity contribution in [2.24, 2.45) is 16.5 Å². The summed E-state index contributed by atoms with van der Waals surface area (Å²) < 4.78 is 0. The van der Waals surface area contributed by atoms with Crippen LogP contribution < -0.4 is 22.1 Å². The van der Waals surface area contributed by atoms with Crippen molar-refractivity contribution in [3.63, 3.8) is 0 Å². The molecule has 1 fully saturated rings. The third-order valence-electron chi connectivity index (χ3n) is 7.48. The number of likely N-dealkylation sites (N-methyl/N-ethyl adjacent to an activating group) is 1. The lowest BCUT2D eigenvalue weighted by molar-refractivity contribution is -0.134. The summed E-state index contributed by atoms with van der Waals surface area (Å²) in [6, 6.07) is 8.01. The van der Waals surface area contributed by atoms with Crippen LogP contribution in [0.5, 0.6) is 0 Å². The number of hydrogen-bond acceptors (Lipinski definition) is 8. The summed E-state index contributed by atoms with van der Waals surface area (Å²) in [5, 5.41) is 6.14. The molecule has 3 atom stereocenters. The van der Waals surface area contributed by atoms with E-state index in [2.05, 4.69) is 15.6 Å². The van der Waals surface area contributed by atoms with Gasteiger partial charge in [0.1, 0.15) is 0 Å². The number of ketones is 1. The van der Waals surface area contributed by atoms with Gasteiger partial charge in [-0.15, -0.1) is 11.3 Å². The molecule has 0 spiro atoms. The molecule has 39 heavy (non-hydrogen) atoms. The number of guanidine groups is 1. The second-order valence-electron chi connectivity index (χ2n) is 10.2. The van der Waals surface area contributed by atoms with Crippen LogP contribution in [0.15, 0.2) is 35.3 Å². The van der Waals surface area contributed by atoms with Crippen molar-refractivity contribution in [1.29, 1.82) is 0 Å². The van der Waals surface area contributed by atoms with E-state index in [0.29, 0.717) is 43.8 Å². The molecule has 10 nitrogen and oxygen atoms in total. The number of thiazole rings is 1. The van der Waals surface area contributed by atoms with Gasteiger partial charge in [-0.1, -0.05) is 30.3 Å². The minimum atomic E-state index is -0.574. The van der Waals surface area contributed by atoms with E-state index in [1.807, 2.05) is 35.2 Å². The molecule has 4 rings (SSSR count). The molecule has 6 N–H and O–H groups in total. The number of fused-ring (bicyclic) bond motifs is 1. The van der Waals surface area contributed by atoms with E-state index >= 15 is 0 Å². The van der Waals surface area contributed by atoms with Crippen LogP contribution in [-0.2, 0) is 28.9 Å². The first-order chi connectivity index (χ1) is 18.9. The van der Waals surface area contributed by atoms with Crippen molar-refractivity contribution in [1.82, 2.24) is 20.5 Å². The first-order valence-corrected chi connectivity index (χ1v) is 14.6. The lowest BCUT2D eigenvalue weighted by atomic mass is 10.0. The number of aromatic nitrogens is 1. The van der Waals surface area contributed by atoms with E-state index in [0.717, 1.165) is 43.4 Å². The number of benzene rings is 1. The van der Waals surface area contributed by atoms with Gasteiger partial charge in [-0.2, -0.15) is 0 Å². The Kier molecular flexibility index (Phi) is 10.2. The highest BCUT2D eigenvalue weighted by atomic mass is 32.1. The molecule has 1 aromatic carbocycles. The summed E-state index contributed by atoms with van der Waals surface area (Å²) in [5.41, 5.74) is 13.0. The largest absolute Gasteiger partial charge is 0.370 e. The van der Waals surface area contributed by atoms with E-state index in [9.17, 15) is 14.4 Å². The highest BCUT2D eigenvalue weighted by Crippen LogP contribution is 2.30. The Bertz CT molecular complexity index is 1160. The van der Waals surface area contributed by atoms with Crippen LogP contribution >= 0.6 is 11.3 Å². The molecule has 2 amide bonds. The molecule has 2 heterocycles. The molecule has 0 saturated carbocycles. The first-order valence-electron chi connectivity index (χ1n) is 13.8. The minimum Gasteiger partial charge on any atom is -0.370 e. The third kappa shape index (κ3) is 7.49. The van der Waals surface area contributed by atoms with Crippen LogP contribution in [0.2, 0.25) is 0 Å². The quantitative estimate of drug-likeness (QED) is 0.134. The van der Waals surface area contributed by atoms with E-state index < -0.39 is 18.1 Å². The average Bonchev–Trinajstić information content (AvgIpc) is 3.59. The van der Waals surface area contributed by atoms with Gasteiger partial charge in [0.05, 0.1) is 23.8 Å². The van der Waals surface area contributed by atoms with Crippen molar-refractivity contribution in [2.45, 2.75) is 75.9 Å². The van der Waals surface area contributed by atoms with Gasteiger partial charge < -0.3 is 16.8 Å². The molecule has 1 aliphatic heterocycles. The van der Waals surface area contributed by atoms with Gasteiger partial charge >= 0.3 is 0 Å². The fraction of sp³-hybridized carbons (Fsp3) is 0.536. The molecule has 1 aliphatic carbocycles. The van der Waals surface area contributed by atoms with Gasteiger partial charge in [0, 0.05) is 11.4 Å². The number of Topliss-reactive ketones (excluding diaryl/α,β-unsaturated/α-hetero) is 1. The highest BCUT2D eigenvalue weighted by molar-refractivity contribution is 7.13. The van der Waals surface area contributed by atoms with Gasteiger partial charge in [-0.05, 0) is 76.9 Å². The first kappa shape index (κ1) is 28.8. The Balaban J connectivity index is 1.48. The number of aliphatic imine (C=N–C) groups is 1. The third-order valence-corrected chi connectivity index (χ3v) is 8.65. The lowest BCUT2D eigenvalue weighted by Crippen LogP contribution is -2.54. The summed E-state index contributed by atoms with van der Waals surface area (Å²) in [6.45, 7) is 0.989. The fourth-order valence-corrected chi connectivity index (χ4v) is 6.59. The van der Waals surface area contributed by atoms with Gasteiger partial charge in [-0.3, -0.25) is 29.6 Å². The number of nitrogens with zero attached hydrogens (tertiary/aromatic N) is 3. The molecule has 1 aromatic heterocycles. The maximum Gasteiger partial charge on any atom is 0.244 e. The van der Waals surface area contributed by atoms with Crippen LogP contribution in [0, 0.1) is 0 Å². The number of rotatable bonds is 12. The summed E-state index contributed by atoms with van der Waals surface area (Å²) >= 11 is 1.48. The van der Waals surface area contributed by atoms with Crippen LogP contribution in [0.3, 0.4) is 0 Å². The number of nitrogens with one attached hydrogen (secondary N) is 2. The normalized spacial score (nSPS) is 18.6. The van der Waals surface area contributed by atoms with E-state index in [1.165, 1.54) is 16.2 Å². The number of carbonyl (C=O) groups excluding carboxylic acids is 3. The van der Waals surface area contributed by atoms with Crippen molar-refractivity contribution >= 4 is 34.9 Å². The minimum absolute atomic E-state index is 0.0111. The number of carbonyl (C=O) groups is 3. The monoisotopic (exact) mass is 553 g/mol. The second kappa shape index (κ2) is 13.8. The molecule has 0 radical (unpaired) electrons. The second-order valence-corrected chi connectivity index (χ2v) is 11.3. The molecule has 2 aliphatic rings. The van der Waals surface area contributed by atoms with Crippen molar-refractivity contribution in [2.75, 3.05) is 20.1 Å². The van der Waals surface area contributed by atoms with Crippen LogP contribution in [-0.4, -0.2) is 71.7 Å². The SMILES string of the molecule is CN[C@H](Cc1ccccc1)C(=O)NC(=O)[C@@H]1CCCN1[C@@H](CCCN=C(N)N)C(=O)c1nc2c(s1)CCCC2. The number of amides is 2. The average molecular weight is 554 g/mol. The molecular weight excluding hydrogens is 514 g/mol. The summed E-state index contributed by atoms with van der Waals surface area (Å²) in [7, 11) is 1.71. The van der Waals surface area contributed by atoms with Crippen molar-refractivity contribution in [3.8, 4) is 0 Å². The molecule has 0 unspecified atom stereocenters. The zero-order chi connectivity index (χ0) is 27.8. The van der Waals surface area contributed by atoms with Crippen molar-refractivity contribution < 1.29 is 14.4 Å². The van der Waals surface area contributed by atoms with Crippen LogP contribution in [0.1, 0.15) is 64.5 Å². The lowest BCUT2D eigenvalue weighted by Gasteiger charge is -2.31. The molecule has 11 heteroatoms. The molecule has 1 saturated heterocycles. The Morgan fingerprint density at radius 2 is 1.92 bits per heavy atom. The van der Waals surface area contributed by atoms with Gasteiger partial charge in [0.15, 0.2) is 11.0 Å². The Morgan fingerprint density at radius 1 is 1.15 bits per heavy atom. The number of aryl methyl sites for hydroxylation is 2. The van der Waals surface area contributed by atoms with Gasteiger partial charge in [0.2, 0.25) is 17.6 Å². The van der Waals surface area contributed by atoms with E-state index in [1.54, 1.807) is 7.05 Å². The summed E-state index contributed by atoms with van der Waals surface area (Å²) in [4.78, 5) is 52.2. The smallest absolute Gasteiger partial charge is 0.244 e. The summed E-state index contributed by atoms with van der Waals surface area (Å²) in [5.74, 6) is -0.799. The Morgan fingerprint density at radius 3 is 2.64 bits per heavy atom. The van der Waals surface area contributed by atoms with Gasteiger partial charge in [0.25, 0.3) is 0 Å². The summed E-state index contributed by atoms with van der Waals surface area (Å²) in [6.07, 6.45) is 6.95. The number of nitrogens with two attached hydrogens (primary N) is 2. The molecule has 0 bridgehead atoms. The fourth-order valence-electron chi connectivity index (χ4n) is 5.45. The Labute approximate surface area is 233 Å². The number of hydrogen-bond donors (Lipinski definition) is 4.